The second kappa shape index (κ2) is 8.05. The number of alkyl halides is 3. The largest absolute Gasteiger partial charge is 0.434 e. The molecule has 3 aromatic rings. The molecule has 0 atom stereocenters. The van der Waals surface area contributed by atoms with Gasteiger partial charge in [0.25, 0.3) is 0 Å². The van der Waals surface area contributed by atoms with Gasteiger partial charge in [0, 0.05) is 31.9 Å². The number of aryl methyl sites for hydroxylation is 1. The Bertz CT molecular complexity index is 953. The van der Waals surface area contributed by atoms with Gasteiger partial charge in [-0.3, -0.25) is 0 Å². The van der Waals surface area contributed by atoms with E-state index < -0.39 is 11.9 Å². The van der Waals surface area contributed by atoms with Crippen LogP contribution in [0.4, 0.5) is 24.7 Å². The molecule has 2 aromatic heterocycles. The van der Waals surface area contributed by atoms with E-state index in [4.69, 9.17) is 11.6 Å². The number of nitrogens with one attached hydrogen (secondary N) is 2. The molecule has 28 heavy (non-hydrogen) atoms. The number of aromatic nitrogens is 4. The fourth-order valence-corrected chi connectivity index (χ4v) is 2.79. The van der Waals surface area contributed by atoms with Crippen molar-refractivity contribution in [1.29, 1.82) is 0 Å². The highest BCUT2D eigenvalue weighted by Gasteiger charge is 2.34. The van der Waals surface area contributed by atoms with Crippen molar-refractivity contribution in [3.63, 3.8) is 0 Å². The lowest BCUT2D eigenvalue weighted by atomic mass is 10.1. The fraction of sp³-hybridized carbons (Fsp3) is 0.278. The van der Waals surface area contributed by atoms with Gasteiger partial charge >= 0.3 is 6.18 Å². The zero-order chi connectivity index (χ0) is 20.3. The molecular formula is C18H18ClF3N6. The summed E-state index contributed by atoms with van der Waals surface area (Å²) in [5.74, 6) is 0.845. The molecule has 6 nitrogen and oxygen atoms in total. The van der Waals surface area contributed by atoms with Crippen molar-refractivity contribution < 1.29 is 13.2 Å². The molecule has 10 heteroatoms. The molecule has 0 unspecified atom stereocenters. The van der Waals surface area contributed by atoms with Crippen LogP contribution in [0.2, 0.25) is 5.28 Å². The van der Waals surface area contributed by atoms with Gasteiger partial charge in [-0.25, -0.2) is 9.97 Å². The van der Waals surface area contributed by atoms with Gasteiger partial charge in [0.05, 0.1) is 11.9 Å². The van der Waals surface area contributed by atoms with Crippen molar-refractivity contribution in [2.45, 2.75) is 26.2 Å². The Hall–Kier alpha value is -2.81. The van der Waals surface area contributed by atoms with Crippen LogP contribution in [0.5, 0.6) is 0 Å². The molecule has 0 fully saturated rings. The highest BCUT2D eigenvalue weighted by Crippen LogP contribution is 2.31. The molecular weight excluding hydrogens is 393 g/mol. The molecule has 0 spiro atoms. The van der Waals surface area contributed by atoms with Crippen LogP contribution in [0.3, 0.4) is 0 Å². The van der Waals surface area contributed by atoms with Gasteiger partial charge in [0.15, 0.2) is 11.5 Å². The van der Waals surface area contributed by atoms with Crippen LogP contribution in [0.25, 0.3) is 11.4 Å². The Morgan fingerprint density at radius 1 is 1.14 bits per heavy atom. The smallest absolute Gasteiger partial charge is 0.384 e. The van der Waals surface area contributed by atoms with Crippen LogP contribution >= 0.6 is 11.6 Å². The lowest BCUT2D eigenvalue weighted by Gasteiger charge is -2.11. The van der Waals surface area contributed by atoms with Crippen LogP contribution < -0.4 is 10.6 Å². The van der Waals surface area contributed by atoms with E-state index in [1.54, 1.807) is 32.3 Å². The van der Waals surface area contributed by atoms with Gasteiger partial charge in [0.2, 0.25) is 5.28 Å². The Kier molecular flexibility index (Phi) is 5.73. The van der Waals surface area contributed by atoms with Crippen LogP contribution in [-0.4, -0.2) is 26.6 Å². The van der Waals surface area contributed by atoms with Gasteiger partial charge in [-0.15, -0.1) is 0 Å². The van der Waals surface area contributed by atoms with E-state index in [9.17, 15) is 13.2 Å². The first-order chi connectivity index (χ1) is 13.3. The fourth-order valence-electron chi connectivity index (χ4n) is 2.66. The molecule has 0 aliphatic carbocycles. The molecule has 0 saturated heterocycles. The summed E-state index contributed by atoms with van der Waals surface area (Å²) in [6.45, 7) is 2.62. The van der Waals surface area contributed by atoms with E-state index in [0.29, 0.717) is 30.2 Å². The SMILES string of the molecule is CCn1cc(C(F)(F)F)nc1-c1ccc(CNc2nc(Cl)ncc2NC)cc1. The second-order valence-electron chi connectivity index (χ2n) is 5.94. The number of imidazole rings is 1. The van der Waals surface area contributed by atoms with Crippen molar-refractivity contribution in [2.75, 3.05) is 17.7 Å². The van der Waals surface area contributed by atoms with Gasteiger partial charge in [-0.1, -0.05) is 24.3 Å². The van der Waals surface area contributed by atoms with E-state index in [1.165, 1.54) is 4.57 Å². The third-order valence-electron chi connectivity index (χ3n) is 4.11. The molecule has 3 rings (SSSR count). The van der Waals surface area contributed by atoms with Crippen molar-refractivity contribution in [3.05, 3.63) is 53.2 Å². The summed E-state index contributed by atoms with van der Waals surface area (Å²) < 4.78 is 40.3. The Morgan fingerprint density at radius 3 is 2.46 bits per heavy atom. The number of hydrogen-bond donors (Lipinski definition) is 2. The molecule has 1 aromatic carbocycles. The Labute approximate surface area is 164 Å². The normalized spacial score (nSPS) is 11.5. The summed E-state index contributed by atoms with van der Waals surface area (Å²) in [6, 6.07) is 7.15. The average Bonchev–Trinajstić information content (AvgIpc) is 3.12. The molecule has 2 heterocycles. The lowest BCUT2D eigenvalue weighted by molar-refractivity contribution is -0.140. The minimum Gasteiger partial charge on any atom is -0.384 e. The highest BCUT2D eigenvalue weighted by atomic mass is 35.5. The zero-order valence-corrected chi connectivity index (χ0v) is 15.9. The first-order valence-electron chi connectivity index (χ1n) is 8.49. The predicted octanol–water partition coefficient (Wildman–Crippen LogP) is 4.69. The van der Waals surface area contributed by atoms with Crippen LogP contribution in [0.1, 0.15) is 18.2 Å². The minimum atomic E-state index is -4.47. The van der Waals surface area contributed by atoms with Crippen molar-refractivity contribution in [1.82, 2.24) is 19.5 Å². The van der Waals surface area contributed by atoms with E-state index in [2.05, 4.69) is 25.6 Å². The molecule has 2 N–H and O–H groups in total. The summed E-state index contributed by atoms with van der Waals surface area (Å²) in [7, 11) is 1.75. The summed E-state index contributed by atoms with van der Waals surface area (Å²) in [5, 5.41) is 6.26. The minimum absolute atomic E-state index is 0.128. The number of anilines is 2. The molecule has 0 amide bonds. The maximum Gasteiger partial charge on any atom is 0.434 e. The Balaban J connectivity index is 1.78. The molecule has 0 saturated carbocycles. The van der Waals surface area contributed by atoms with Crippen molar-refractivity contribution >= 4 is 23.1 Å². The van der Waals surface area contributed by atoms with E-state index in [-0.39, 0.29) is 11.1 Å². The summed E-state index contributed by atoms with van der Waals surface area (Å²) in [4.78, 5) is 11.8. The molecule has 148 valence electrons. The number of halogens is 4. The number of hydrogen-bond acceptors (Lipinski definition) is 5. The van der Waals surface area contributed by atoms with E-state index in [1.807, 2.05) is 12.1 Å². The summed E-state index contributed by atoms with van der Waals surface area (Å²) in [6.07, 6.45) is -1.87. The van der Waals surface area contributed by atoms with Crippen LogP contribution in [0, 0.1) is 0 Å². The highest BCUT2D eigenvalue weighted by molar-refractivity contribution is 6.28. The monoisotopic (exact) mass is 410 g/mol. The third kappa shape index (κ3) is 4.36. The van der Waals surface area contributed by atoms with Crippen molar-refractivity contribution in [3.8, 4) is 11.4 Å². The number of nitrogens with zero attached hydrogens (tertiary/aromatic N) is 4. The quantitative estimate of drug-likeness (QED) is 0.577. The van der Waals surface area contributed by atoms with Crippen LogP contribution in [0.15, 0.2) is 36.7 Å². The summed E-state index contributed by atoms with van der Waals surface area (Å²) in [5.41, 5.74) is 1.34. The molecule has 0 radical (unpaired) electrons. The molecule has 0 aliphatic rings. The van der Waals surface area contributed by atoms with E-state index >= 15 is 0 Å². The van der Waals surface area contributed by atoms with Gasteiger partial charge < -0.3 is 15.2 Å². The lowest BCUT2D eigenvalue weighted by Crippen LogP contribution is -2.06. The maximum atomic E-state index is 12.9. The van der Waals surface area contributed by atoms with Crippen molar-refractivity contribution in [2.24, 2.45) is 0 Å². The van der Waals surface area contributed by atoms with Crippen LogP contribution in [-0.2, 0) is 19.3 Å². The first kappa shape index (κ1) is 19.9. The Morgan fingerprint density at radius 2 is 1.86 bits per heavy atom. The topological polar surface area (TPSA) is 67.7 Å². The predicted molar refractivity (Wildman–Crippen MR) is 102 cm³/mol. The molecule has 0 aliphatic heterocycles. The standard InChI is InChI=1S/C18H18ClF3N6/c1-3-28-10-14(18(20,21)22)26-16(28)12-6-4-11(5-7-12)8-24-15-13(23-2)9-25-17(19)27-15/h4-7,9-10,23H,3,8H2,1-2H3,(H,24,25,27). The second-order valence-corrected chi connectivity index (χ2v) is 6.27. The van der Waals surface area contributed by atoms with Gasteiger partial charge in [-0.05, 0) is 24.1 Å². The van der Waals surface area contributed by atoms with E-state index in [0.717, 1.165) is 11.8 Å². The average molecular weight is 411 g/mol. The number of benzene rings is 1. The number of rotatable bonds is 6. The zero-order valence-electron chi connectivity index (χ0n) is 15.2. The first-order valence-corrected chi connectivity index (χ1v) is 8.87. The van der Waals surface area contributed by atoms with Gasteiger partial charge in [-0.2, -0.15) is 18.2 Å². The van der Waals surface area contributed by atoms with Gasteiger partial charge in [0.1, 0.15) is 5.82 Å². The third-order valence-corrected chi connectivity index (χ3v) is 4.29. The summed E-state index contributed by atoms with van der Waals surface area (Å²) >= 11 is 5.83. The maximum absolute atomic E-state index is 12.9. The molecule has 0 bridgehead atoms.